The summed E-state index contributed by atoms with van der Waals surface area (Å²) in [5, 5.41) is 20.6. The van der Waals surface area contributed by atoms with Crippen LogP contribution in [0.25, 0.3) is 0 Å². The predicted octanol–water partition coefficient (Wildman–Crippen LogP) is 7.14. The number of benzene rings is 1. The smallest absolute Gasteiger partial charge is 0.161 e. The normalized spacial score (nSPS) is 13.1. The van der Waals surface area contributed by atoms with Crippen LogP contribution >= 0.6 is 0 Å². The minimum atomic E-state index is -1.48. The number of ether oxygens (including phenoxy) is 2. The Morgan fingerprint density at radius 1 is 0.735 bits per heavy atom. The second-order valence-electron chi connectivity index (χ2n) is 9.49. The van der Waals surface area contributed by atoms with Crippen LogP contribution in [-0.2, 0) is 0 Å². The first-order chi connectivity index (χ1) is 16.5. The average molecular weight is 491 g/mol. The third-order valence-corrected chi connectivity index (χ3v) is 11.6. The summed E-state index contributed by atoms with van der Waals surface area (Å²) in [6.07, 6.45) is 10.1. The predicted molar refractivity (Wildman–Crippen MR) is 146 cm³/mol. The van der Waals surface area contributed by atoms with Gasteiger partial charge in [-0.15, -0.1) is 11.5 Å². The van der Waals surface area contributed by atoms with Crippen LogP contribution < -0.4 is 9.47 Å². The van der Waals surface area contributed by atoms with E-state index in [1.54, 1.807) is 0 Å². The molecule has 1 aromatic rings. The van der Waals surface area contributed by atoms with Gasteiger partial charge in [-0.3, -0.25) is 0 Å². The van der Waals surface area contributed by atoms with E-state index in [2.05, 4.69) is 39.2 Å². The SMILES string of the molecule is CCCCCCCCCC[C@H](O)COc1ccccc1OC[C@H](O)CC#C[Si](CC)(CC)CC. The Morgan fingerprint density at radius 2 is 1.24 bits per heavy atom. The highest BCUT2D eigenvalue weighted by Crippen LogP contribution is 2.27. The number of rotatable bonds is 19. The lowest BCUT2D eigenvalue weighted by Crippen LogP contribution is -2.29. The molecule has 0 spiro atoms. The summed E-state index contributed by atoms with van der Waals surface area (Å²) in [4.78, 5) is 0. The van der Waals surface area contributed by atoms with E-state index in [0.717, 1.165) is 31.0 Å². The van der Waals surface area contributed by atoms with Gasteiger partial charge in [0.25, 0.3) is 0 Å². The third kappa shape index (κ3) is 12.8. The van der Waals surface area contributed by atoms with Crippen LogP contribution in [0, 0.1) is 11.5 Å². The van der Waals surface area contributed by atoms with Gasteiger partial charge < -0.3 is 19.7 Å². The van der Waals surface area contributed by atoms with E-state index in [9.17, 15) is 10.2 Å². The molecule has 4 nitrogen and oxygen atoms in total. The molecule has 0 heterocycles. The summed E-state index contributed by atoms with van der Waals surface area (Å²) in [5.74, 6) is 4.42. The molecule has 1 rings (SSSR count). The van der Waals surface area contributed by atoms with Crippen LogP contribution in [0.5, 0.6) is 11.5 Å². The lowest BCUT2D eigenvalue weighted by Gasteiger charge is -2.20. The molecular formula is C29H50O4Si. The number of hydrogen-bond donors (Lipinski definition) is 2. The molecule has 1 aromatic carbocycles. The van der Waals surface area contributed by atoms with Crippen LogP contribution in [-0.4, -0.2) is 43.7 Å². The third-order valence-electron chi connectivity index (χ3n) is 6.82. The highest BCUT2D eigenvalue weighted by molar-refractivity contribution is 6.87. The van der Waals surface area contributed by atoms with Gasteiger partial charge in [0.1, 0.15) is 21.3 Å². The van der Waals surface area contributed by atoms with E-state index in [0.29, 0.717) is 17.9 Å². The Morgan fingerprint density at radius 3 is 1.76 bits per heavy atom. The zero-order chi connectivity index (χ0) is 25.1. The molecule has 0 fully saturated rings. The van der Waals surface area contributed by atoms with Gasteiger partial charge in [-0.2, -0.15) is 0 Å². The molecule has 194 valence electrons. The van der Waals surface area contributed by atoms with Gasteiger partial charge in [0.15, 0.2) is 11.5 Å². The molecule has 0 radical (unpaired) electrons. The molecule has 2 atom stereocenters. The number of aliphatic hydroxyl groups excluding tert-OH is 2. The van der Waals surface area contributed by atoms with E-state index in [1.165, 1.54) is 44.9 Å². The molecule has 0 saturated carbocycles. The number of unbranched alkanes of at least 4 members (excludes halogenated alkanes) is 7. The molecule has 0 aliphatic carbocycles. The van der Waals surface area contributed by atoms with Crippen LogP contribution in [0.15, 0.2) is 24.3 Å². The zero-order valence-corrected chi connectivity index (χ0v) is 23.3. The summed E-state index contributed by atoms with van der Waals surface area (Å²) >= 11 is 0. The molecule has 0 saturated heterocycles. The standard InChI is InChI=1S/C29H50O4Si/c1-5-9-10-11-12-13-14-15-19-26(30)24-32-28-21-16-17-22-29(28)33-25-27(31)20-18-23-34(6-2,7-3)8-4/h16-17,21-22,26-27,30-31H,5-15,19-20,24-25H2,1-4H3/t26-,27+/m0/s1. The first kappa shape index (κ1) is 30.5. The van der Waals surface area contributed by atoms with Crippen molar-refractivity contribution in [1.82, 2.24) is 0 Å². The Balaban J connectivity index is 2.36. The monoisotopic (exact) mass is 490 g/mol. The zero-order valence-electron chi connectivity index (χ0n) is 22.3. The van der Waals surface area contributed by atoms with Crippen LogP contribution in [0.3, 0.4) is 0 Å². The molecule has 0 aliphatic heterocycles. The van der Waals surface area contributed by atoms with E-state index >= 15 is 0 Å². The van der Waals surface area contributed by atoms with E-state index in [-0.39, 0.29) is 13.2 Å². The maximum absolute atomic E-state index is 10.3. The van der Waals surface area contributed by atoms with Gasteiger partial charge in [0.2, 0.25) is 0 Å². The maximum Gasteiger partial charge on any atom is 0.161 e. The van der Waals surface area contributed by atoms with Gasteiger partial charge in [0, 0.05) is 6.42 Å². The maximum atomic E-state index is 10.3. The fourth-order valence-corrected chi connectivity index (χ4v) is 6.60. The molecule has 0 bridgehead atoms. The van der Waals surface area contributed by atoms with E-state index in [4.69, 9.17) is 9.47 Å². The van der Waals surface area contributed by atoms with Gasteiger partial charge in [-0.05, 0) is 36.7 Å². The lowest BCUT2D eigenvalue weighted by molar-refractivity contribution is 0.0890. The van der Waals surface area contributed by atoms with Gasteiger partial charge >= 0.3 is 0 Å². The fraction of sp³-hybridized carbons (Fsp3) is 0.724. The Hall–Kier alpha value is -1.48. The summed E-state index contributed by atoms with van der Waals surface area (Å²) < 4.78 is 11.7. The highest BCUT2D eigenvalue weighted by atomic mass is 28.3. The van der Waals surface area contributed by atoms with Crippen LogP contribution in [0.1, 0.15) is 91.9 Å². The van der Waals surface area contributed by atoms with E-state index < -0.39 is 20.3 Å². The lowest BCUT2D eigenvalue weighted by atomic mass is 10.1. The minimum Gasteiger partial charge on any atom is -0.487 e. The molecule has 5 heteroatoms. The topological polar surface area (TPSA) is 58.9 Å². The van der Waals surface area contributed by atoms with Crippen molar-refractivity contribution < 1.29 is 19.7 Å². The van der Waals surface area contributed by atoms with Crippen molar-refractivity contribution in [3.63, 3.8) is 0 Å². The minimum absolute atomic E-state index is 0.175. The molecular weight excluding hydrogens is 440 g/mol. The van der Waals surface area contributed by atoms with Gasteiger partial charge in [-0.25, -0.2) is 0 Å². The first-order valence-electron chi connectivity index (χ1n) is 13.7. The molecule has 34 heavy (non-hydrogen) atoms. The van der Waals surface area contributed by atoms with Crippen molar-refractivity contribution >= 4 is 8.07 Å². The number of aliphatic hydroxyl groups is 2. The summed E-state index contributed by atoms with van der Waals surface area (Å²) in [7, 11) is -1.48. The quantitative estimate of drug-likeness (QED) is 0.123. The Labute approximate surface area is 210 Å². The van der Waals surface area contributed by atoms with Crippen molar-refractivity contribution in [2.75, 3.05) is 13.2 Å². The van der Waals surface area contributed by atoms with E-state index in [1.807, 2.05) is 24.3 Å². The molecule has 0 amide bonds. The van der Waals surface area contributed by atoms with Gasteiger partial charge in [-0.1, -0.05) is 91.2 Å². The van der Waals surface area contributed by atoms with Crippen molar-refractivity contribution in [3.8, 4) is 23.0 Å². The second kappa shape index (κ2) is 18.8. The Kier molecular flexibility index (Phi) is 16.9. The van der Waals surface area contributed by atoms with Crippen LogP contribution in [0.2, 0.25) is 18.1 Å². The summed E-state index contributed by atoms with van der Waals surface area (Å²) in [5.41, 5.74) is 3.51. The van der Waals surface area contributed by atoms with Crippen molar-refractivity contribution in [2.24, 2.45) is 0 Å². The summed E-state index contributed by atoms with van der Waals surface area (Å²) in [6.45, 7) is 9.37. The van der Waals surface area contributed by atoms with Crippen molar-refractivity contribution in [1.29, 1.82) is 0 Å². The summed E-state index contributed by atoms with van der Waals surface area (Å²) in [6, 6.07) is 10.9. The van der Waals surface area contributed by atoms with Crippen molar-refractivity contribution in [3.05, 3.63) is 24.3 Å². The Bertz CT molecular complexity index is 685. The second-order valence-corrected chi connectivity index (χ2v) is 14.4. The highest BCUT2D eigenvalue weighted by Gasteiger charge is 2.24. The number of para-hydroxylation sites is 2. The fourth-order valence-electron chi connectivity index (χ4n) is 4.09. The molecule has 0 unspecified atom stereocenters. The molecule has 0 aromatic heterocycles. The molecule has 2 N–H and O–H groups in total. The average Bonchev–Trinajstić information content (AvgIpc) is 2.86. The number of hydrogen-bond acceptors (Lipinski definition) is 4. The van der Waals surface area contributed by atoms with Gasteiger partial charge in [0.05, 0.1) is 12.2 Å². The first-order valence-corrected chi connectivity index (χ1v) is 16.3. The largest absolute Gasteiger partial charge is 0.487 e. The molecule has 0 aliphatic rings. The van der Waals surface area contributed by atoms with Crippen LogP contribution in [0.4, 0.5) is 0 Å². The van der Waals surface area contributed by atoms with Crippen molar-refractivity contribution in [2.45, 2.75) is 122 Å².